The van der Waals surface area contributed by atoms with E-state index >= 15 is 14.4 Å². The number of benzene rings is 3. The smallest absolute Gasteiger partial charge is 0.303 e. The number of nitrogens with two attached hydrogens (primary N) is 1. The fraction of sp³-hybridized carbons (Fsp3) is 0.581. The second kappa shape index (κ2) is 54.1. The first-order chi connectivity index (χ1) is 59.4. The molecule has 0 spiro atoms. The van der Waals surface area contributed by atoms with E-state index in [0.717, 1.165) is 86.9 Å². The second-order valence-electron chi connectivity index (χ2n) is 31.8. The Morgan fingerprint density at radius 1 is 0.597 bits per heavy atom. The molecule has 0 radical (unpaired) electrons. The Kier molecular flexibility index (Phi) is 44.1. The summed E-state index contributed by atoms with van der Waals surface area (Å²) in [7, 11) is 0. The number of Topliss-reactive ketones (excluding diaryl/α,β-unsaturated/α-hetero) is 1. The van der Waals surface area contributed by atoms with Gasteiger partial charge in [-0.15, -0.1) is 0 Å². The van der Waals surface area contributed by atoms with Crippen LogP contribution in [0.25, 0.3) is 10.9 Å². The fourth-order valence-electron chi connectivity index (χ4n) is 14.6. The average Bonchev–Trinajstić information content (AvgIpc) is 1.63. The predicted molar refractivity (Wildman–Crippen MR) is 456 cm³/mol. The number of phenols is 1. The number of carboxylic acid groups (broad SMARTS) is 1. The quantitative estimate of drug-likeness (QED) is 0.0156. The lowest BCUT2D eigenvalue weighted by molar-refractivity contribution is -0.143. The fourth-order valence-corrected chi connectivity index (χ4v) is 14.6. The first-order valence-corrected chi connectivity index (χ1v) is 43.0. The summed E-state index contributed by atoms with van der Waals surface area (Å²) in [6, 6.07) is 3.49. The number of fused-ring (bicyclic) bond motifs is 2. The topological polar surface area (TPSA) is 603 Å². The van der Waals surface area contributed by atoms with Crippen molar-refractivity contribution in [2.24, 2.45) is 5.73 Å². The van der Waals surface area contributed by atoms with E-state index in [-0.39, 0.29) is 95.4 Å². The number of carbonyl (C=O) groups excluding carboxylic acids is 14. The summed E-state index contributed by atoms with van der Waals surface area (Å²) in [5.41, 5.74) is 7.78. The molecule has 13 atom stereocenters. The van der Waals surface area contributed by atoms with E-state index in [1.165, 1.54) is 31.2 Å². The highest BCUT2D eigenvalue weighted by Gasteiger charge is 2.44. The maximum Gasteiger partial charge on any atom is 0.303 e. The summed E-state index contributed by atoms with van der Waals surface area (Å²) < 4.78 is 0. The van der Waals surface area contributed by atoms with Crippen LogP contribution in [-0.4, -0.2) is 253 Å². The summed E-state index contributed by atoms with van der Waals surface area (Å²) in [6.45, 7) is 1.05. The number of aromatic nitrogens is 1. The molecule has 682 valence electrons. The summed E-state index contributed by atoms with van der Waals surface area (Å²) in [6.07, 6.45) is 9.20. The number of aromatic amines is 1. The highest BCUT2D eigenvalue weighted by molar-refractivity contribution is 6.01. The Labute approximate surface area is 721 Å². The molecule has 0 bridgehead atoms. The van der Waals surface area contributed by atoms with Gasteiger partial charge in [0, 0.05) is 81.7 Å². The number of hydrogen-bond acceptors (Lipinski definition) is 21. The van der Waals surface area contributed by atoms with Crippen LogP contribution in [0, 0.1) is 5.41 Å². The van der Waals surface area contributed by atoms with E-state index in [4.69, 9.17) is 16.2 Å². The summed E-state index contributed by atoms with van der Waals surface area (Å²) in [4.78, 5) is 214. The molecule has 2 aliphatic heterocycles. The molecule has 13 amide bonds. The number of guanidine groups is 1. The molecule has 2 aliphatic rings. The third kappa shape index (κ3) is 35.7. The van der Waals surface area contributed by atoms with Crippen LogP contribution in [0.5, 0.6) is 5.75 Å². The standard InChI is InChI=1S/C86H127N17O21/c1-4-5-29-62(96-84(123)75(53(3)107)102-80(119)66(44-55-35-37-57(108)38-36-55)98-82(121)69(51-105)101-81(120)68(50-104)93-73(112)48-92-71(110)33-19-14-12-10-8-6-7-9-11-13-15-20-34-74(113)114)76(115)97-64-39-40-72(111)89-41-24-23-30-60(52(2)106)94-79(118)67(45-56-47-91-61-31-22-21-28-59(56)61)99-77(116)63(32-25-42-90-86(87)88)95-78(117)65(43-54-26-17-16-18-27-54)100-83(122)70-46-58(109)49-103(70)85(64)124/h16-18,21-22,26-28,31,35-38,47,53,58,60,62-70,75,91,104-105,107-109H,4-15,19-20,23-25,29-30,32-34,39-46,48-51H2,1-3H3,(H,89,111)(H,92,110)(H,93,112)(H,94,118)(H,95,117)(H,96,123)(H,97,115)(H,98,121)(H,99,116)(H,100,122)(H,101,120)(H,102,119)(H,113,114)(H4,87,88,90)/t53-,58-,60+,62+,63+,64+,65-,66+,67+,68+,69+,70+,75+/m1/s1. The summed E-state index contributed by atoms with van der Waals surface area (Å²) >= 11 is 0. The number of nitrogens with zero attached hydrogens (tertiary/aromatic N) is 1. The van der Waals surface area contributed by atoms with Crippen LogP contribution in [0.4, 0.5) is 0 Å². The zero-order valence-corrected chi connectivity index (χ0v) is 71.0. The number of aliphatic carboxylic acids is 1. The van der Waals surface area contributed by atoms with Crippen molar-refractivity contribution in [3.63, 3.8) is 0 Å². The van der Waals surface area contributed by atoms with Crippen molar-refractivity contribution >= 4 is 105 Å². The van der Waals surface area contributed by atoms with E-state index in [1.807, 2.05) is 18.2 Å². The number of rotatable bonds is 45. The molecule has 2 fully saturated rings. The Hall–Kier alpha value is -11.6. The van der Waals surface area contributed by atoms with Gasteiger partial charge in [-0.05, 0) is 107 Å². The molecule has 0 aliphatic carbocycles. The van der Waals surface area contributed by atoms with Crippen LogP contribution >= 0.6 is 0 Å². The summed E-state index contributed by atoms with van der Waals surface area (Å²) in [5.74, 6) is -13.9. The molecule has 3 aromatic carbocycles. The molecule has 2 saturated heterocycles. The van der Waals surface area contributed by atoms with E-state index < -0.39 is 219 Å². The number of para-hydroxylation sites is 1. The van der Waals surface area contributed by atoms with Crippen molar-refractivity contribution in [1.82, 2.24) is 79.0 Å². The lowest BCUT2D eigenvalue weighted by Gasteiger charge is -2.31. The number of carbonyl (C=O) groups is 15. The number of hydrogen-bond donors (Lipinski definition) is 22. The van der Waals surface area contributed by atoms with Crippen molar-refractivity contribution in [2.45, 2.75) is 279 Å². The minimum atomic E-state index is -1.94. The molecular formula is C86H127N17O21. The SMILES string of the molecule is CCCC[C@H](NC(=O)[C@@H](NC(=O)[C@H](Cc1ccc(O)cc1)NC(=O)[C@H](CO)NC(=O)[C@H](CO)NC(=O)CNC(=O)CCCCCCCCCCCCCCC(=O)O)[C@@H](C)O)C(=O)N[C@H]1CCC(=O)NCCCC[C@@H](C(C)=O)NC(=O)[C@H](Cc2c[nH]c3ccccc23)NC(=O)[C@H](CCCNC(=N)N)NC(=O)[C@@H](Cc2ccccc2)NC(=O)[C@@H]2C[C@@H](O)CN2C1=O. The Balaban J connectivity index is 1.18. The number of amides is 13. The van der Waals surface area contributed by atoms with Crippen molar-refractivity contribution in [1.29, 1.82) is 5.41 Å². The molecule has 124 heavy (non-hydrogen) atoms. The second-order valence-corrected chi connectivity index (χ2v) is 31.8. The number of carboxylic acids is 1. The molecule has 0 unspecified atom stereocenters. The largest absolute Gasteiger partial charge is 0.508 e. The van der Waals surface area contributed by atoms with Crippen LogP contribution < -0.4 is 74.9 Å². The van der Waals surface area contributed by atoms with Gasteiger partial charge < -0.3 is 115 Å². The van der Waals surface area contributed by atoms with Gasteiger partial charge in [-0.25, -0.2) is 0 Å². The number of aliphatic hydroxyl groups is 4. The lowest BCUT2D eigenvalue weighted by atomic mass is 10.0. The van der Waals surface area contributed by atoms with Gasteiger partial charge in [0.05, 0.1) is 38.0 Å². The molecule has 6 rings (SSSR count). The van der Waals surface area contributed by atoms with Crippen molar-refractivity contribution in [2.75, 3.05) is 39.4 Å². The van der Waals surface area contributed by atoms with Crippen LogP contribution in [-0.2, 0) is 91.2 Å². The van der Waals surface area contributed by atoms with Gasteiger partial charge in [-0.3, -0.25) is 77.3 Å². The first kappa shape index (κ1) is 101. The highest BCUT2D eigenvalue weighted by atomic mass is 16.4. The number of nitrogens with one attached hydrogen (secondary N) is 15. The number of aliphatic hydroxyl groups excluding tert-OH is 4. The number of ketones is 1. The molecule has 0 saturated carbocycles. The van der Waals surface area contributed by atoms with Crippen LogP contribution in [0.15, 0.2) is 85.1 Å². The van der Waals surface area contributed by atoms with Gasteiger partial charge >= 0.3 is 5.97 Å². The van der Waals surface area contributed by atoms with Crippen molar-refractivity contribution in [3.05, 3.63) is 102 Å². The maximum atomic E-state index is 15.3. The number of unbranched alkanes of at least 4 members (excludes halogenated alkanes) is 12. The van der Waals surface area contributed by atoms with E-state index in [9.17, 15) is 83.1 Å². The highest BCUT2D eigenvalue weighted by Crippen LogP contribution is 2.24. The molecule has 3 heterocycles. The monoisotopic (exact) mass is 1730 g/mol. The van der Waals surface area contributed by atoms with Gasteiger partial charge in [0.15, 0.2) is 11.7 Å². The van der Waals surface area contributed by atoms with Gasteiger partial charge in [0.2, 0.25) is 76.8 Å². The average molecular weight is 1740 g/mol. The van der Waals surface area contributed by atoms with Crippen molar-refractivity contribution < 1.29 is 103 Å². The molecule has 1 aromatic heterocycles. The van der Waals surface area contributed by atoms with Crippen LogP contribution in [0.2, 0.25) is 0 Å². The molecule has 23 N–H and O–H groups in total. The van der Waals surface area contributed by atoms with Crippen molar-refractivity contribution in [3.8, 4) is 5.75 Å². The predicted octanol–water partition coefficient (Wildman–Crippen LogP) is -0.138. The number of phenolic OH excluding ortho intramolecular Hbond substituents is 1. The zero-order valence-electron chi connectivity index (χ0n) is 71.0. The number of aromatic hydroxyl groups is 1. The zero-order chi connectivity index (χ0) is 90.6. The maximum absolute atomic E-state index is 15.3. The Morgan fingerprint density at radius 2 is 1.17 bits per heavy atom. The number of H-pyrrole nitrogens is 1. The van der Waals surface area contributed by atoms with Gasteiger partial charge in [0.25, 0.3) is 0 Å². The molecule has 38 nitrogen and oxygen atoms in total. The summed E-state index contributed by atoms with van der Waals surface area (Å²) in [5, 5.41) is 104. The van der Waals surface area contributed by atoms with Crippen LogP contribution in [0.1, 0.15) is 198 Å². The van der Waals surface area contributed by atoms with E-state index in [1.54, 1.807) is 49.5 Å². The Bertz CT molecular complexity index is 4190. The Morgan fingerprint density at radius 3 is 1.80 bits per heavy atom. The van der Waals surface area contributed by atoms with Gasteiger partial charge in [0.1, 0.15) is 66.2 Å². The minimum Gasteiger partial charge on any atom is -0.508 e. The van der Waals surface area contributed by atoms with E-state index in [0.29, 0.717) is 36.0 Å². The molecule has 38 heteroatoms. The first-order valence-electron chi connectivity index (χ1n) is 43.0. The molecular weight excluding hydrogens is 1610 g/mol. The molecule has 4 aromatic rings. The normalized spacial score (nSPS) is 19.7. The van der Waals surface area contributed by atoms with Gasteiger partial charge in [-0.2, -0.15) is 0 Å². The third-order valence-corrected chi connectivity index (χ3v) is 21.6. The van der Waals surface area contributed by atoms with Gasteiger partial charge in [-0.1, -0.05) is 145 Å². The minimum absolute atomic E-state index is 0.0192. The lowest BCUT2D eigenvalue weighted by Crippen LogP contribution is -2.62. The third-order valence-electron chi connectivity index (χ3n) is 21.6. The van der Waals surface area contributed by atoms with Crippen LogP contribution in [0.3, 0.4) is 0 Å². The van der Waals surface area contributed by atoms with E-state index in [2.05, 4.69) is 74.1 Å².